The van der Waals surface area contributed by atoms with E-state index < -0.39 is 0 Å². The number of hydrogen-bond donors (Lipinski definition) is 0. The molecular weight excluding hydrogens is 524 g/mol. The van der Waals surface area contributed by atoms with Crippen molar-refractivity contribution in [1.82, 2.24) is 29.6 Å². The molecule has 1 aliphatic heterocycles. The maximum atomic E-state index is 6.41. The van der Waals surface area contributed by atoms with Crippen molar-refractivity contribution in [2.75, 3.05) is 50.6 Å². The van der Waals surface area contributed by atoms with Gasteiger partial charge >= 0.3 is 6.01 Å². The number of nitrogens with zero attached hydrogens (tertiary/aromatic N) is 8. The summed E-state index contributed by atoms with van der Waals surface area (Å²) >= 11 is 0. The smallest absolute Gasteiger partial charge is 0.318 e. The fraction of sp³-hybridized carbons (Fsp3) is 0.515. The van der Waals surface area contributed by atoms with Gasteiger partial charge in [0, 0.05) is 48.2 Å². The summed E-state index contributed by atoms with van der Waals surface area (Å²) in [6.45, 7) is 10.4. The molecule has 0 N–H and O–H groups in total. The second-order valence-corrected chi connectivity index (χ2v) is 12.7. The summed E-state index contributed by atoms with van der Waals surface area (Å²) in [5.74, 6) is 1.85. The second kappa shape index (κ2) is 11.5. The van der Waals surface area contributed by atoms with Gasteiger partial charge in [-0.2, -0.15) is 9.97 Å². The quantitative estimate of drug-likeness (QED) is 0.242. The second-order valence-electron chi connectivity index (χ2n) is 12.7. The van der Waals surface area contributed by atoms with Gasteiger partial charge in [0.15, 0.2) is 5.82 Å². The number of rotatable bonds is 11. The number of hydrogen-bond acceptors (Lipinski definition) is 8. The van der Waals surface area contributed by atoms with Crippen molar-refractivity contribution >= 4 is 22.3 Å². The van der Waals surface area contributed by atoms with Gasteiger partial charge in [-0.3, -0.25) is 0 Å². The van der Waals surface area contributed by atoms with Crippen molar-refractivity contribution in [3.05, 3.63) is 65.4 Å². The number of ether oxygens (including phenoxy) is 1. The van der Waals surface area contributed by atoms with Gasteiger partial charge in [-0.05, 0) is 70.6 Å². The number of aromatic nitrogens is 5. The maximum Gasteiger partial charge on any atom is 0.318 e. The van der Waals surface area contributed by atoms with Crippen molar-refractivity contribution in [2.24, 2.45) is 5.41 Å². The SMILES string of the molecule is CCc1cccc2cccc(N3CCc4c(nc(OCC5(CN(C)C)CC5)nc4N(C)Cc4nncn4C(C)C)C3)c12. The minimum Gasteiger partial charge on any atom is -0.463 e. The molecule has 2 aromatic heterocycles. The Morgan fingerprint density at radius 3 is 2.55 bits per heavy atom. The molecule has 3 heterocycles. The minimum atomic E-state index is 0.202. The van der Waals surface area contributed by atoms with Gasteiger partial charge in [0.1, 0.15) is 12.1 Å². The van der Waals surface area contributed by atoms with Crippen LogP contribution in [-0.4, -0.2) is 70.5 Å². The summed E-state index contributed by atoms with van der Waals surface area (Å²) in [5, 5.41) is 11.2. The monoisotopic (exact) mass is 568 g/mol. The molecule has 42 heavy (non-hydrogen) atoms. The molecule has 0 spiro atoms. The van der Waals surface area contributed by atoms with Crippen molar-refractivity contribution in [2.45, 2.75) is 65.6 Å². The molecule has 1 saturated carbocycles. The van der Waals surface area contributed by atoms with E-state index in [0.29, 0.717) is 19.2 Å². The first kappa shape index (κ1) is 28.4. The zero-order chi connectivity index (χ0) is 29.4. The average molecular weight is 569 g/mol. The van der Waals surface area contributed by atoms with Crippen molar-refractivity contribution in [1.29, 1.82) is 0 Å². The van der Waals surface area contributed by atoms with Crippen LogP contribution < -0.4 is 14.5 Å². The Balaban J connectivity index is 1.34. The Hall–Kier alpha value is -3.72. The lowest BCUT2D eigenvalue weighted by Gasteiger charge is -2.33. The van der Waals surface area contributed by atoms with Crippen LogP contribution in [0.25, 0.3) is 10.8 Å². The third kappa shape index (κ3) is 5.67. The van der Waals surface area contributed by atoms with E-state index in [1.165, 1.54) is 40.4 Å². The Morgan fingerprint density at radius 2 is 1.83 bits per heavy atom. The van der Waals surface area contributed by atoms with E-state index in [-0.39, 0.29) is 11.5 Å². The third-order valence-electron chi connectivity index (χ3n) is 8.77. The molecule has 0 bridgehead atoms. The van der Waals surface area contributed by atoms with Crippen LogP contribution in [-0.2, 0) is 25.9 Å². The average Bonchev–Trinajstić information content (AvgIpc) is 3.57. The largest absolute Gasteiger partial charge is 0.463 e. The topological polar surface area (TPSA) is 75.4 Å². The zero-order valence-electron chi connectivity index (χ0n) is 26.0. The molecule has 2 aromatic carbocycles. The lowest BCUT2D eigenvalue weighted by molar-refractivity contribution is 0.182. The van der Waals surface area contributed by atoms with E-state index in [9.17, 15) is 0 Å². The van der Waals surface area contributed by atoms with E-state index in [0.717, 1.165) is 49.8 Å². The van der Waals surface area contributed by atoms with E-state index >= 15 is 0 Å². The molecule has 0 amide bonds. The van der Waals surface area contributed by atoms with E-state index in [4.69, 9.17) is 14.7 Å². The molecule has 9 nitrogen and oxygen atoms in total. The Bertz CT molecular complexity index is 1550. The summed E-state index contributed by atoms with van der Waals surface area (Å²) in [6, 6.07) is 14.0. The molecule has 0 saturated heterocycles. The zero-order valence-corrected chi connectivity index (χ0v) is 26.0. The summed E-state index contributed by atoms with van der Waals surface area (Å²) < 4.78 is 8.53. The van der Waals surface area contributed by atoms with Crippen LogP contribution in [0.15, 0.2) is 42.7 Å². The normalized spacial score (nSPS) is 15.9. The summed E-state index contributed by atoms with van der Waals surface area (Å²) in [4.78, 5) is 17.0. The highest BCUT2D eigenvalue weighted by Crippen LogP contribution is 2.46. The fourth-order valence-electron chi connectivity index (χ4n) is 6.44. The standard InChI is InChI=1S/C33H44N8O/c1-7-24-10-8-11-25-12-9-13-28(30(24)25)40-17-14-26-27(18-40)35-32(42-21-33(15-16-33)20-38(4)5)36-31(26)39(6)19-29-37-34-22-41(29)23(2)3/h8-13,22-23H,7,14-21H2,1-6H3. The predicted octanol–water partition coefficient (Wildman–Crippen LogP) is 5.28. The molecule has 222 valence electrons. The van der Waals surface area contributed by atoms with Gasteiger partial charge in [0.2, 0.25) is 0 Å². The maximum absolute atomic E-state index is 6.41. The molecule has 0 unspecified atom stereocenters. The Morgan fingerprint density at radius 1 is 1.05 bits per heavy atom. The van der Waals surface area contributed by atoms with Gasteiger partial charge in [0.05, 0.1) is 25.4 Å². The Labute approximate surface area is 249 Å². The van der Waals surface area contributed by atoms with Gasteiger partial charge < -0.3 is 24.0 Å². The van der Waals surface area contributed by atoms with Crippen LogP contribution in [0.1, 0.15) is 62.3 Å². The highest BCUT2D eigenvalue weighted by atomic mass is 16.5. The first-order valence-corrected chi connectivity index (χ1v) is 15.3. The minimum absolute atomic E-state index is 0.202. The fourth-order valence-corrected chi connectivity index (χ4v) is 6.44. The lowest BCUT2D eigenvalue weighted by Crippen LogP contribution is -2.34. The number of anilines is 2. The summed E-state index contributed by atoms with van der Waals surface area (Å²) in [5.41, 5.74) is 5.10. The van der Waals surface area contributed by atoms with E-state index in [2.05, 4.69) is 108 Å². The van der Waals surface area contributed by atoms with Crippen LogP contribution in [0.3, 0.4) is 0 Å². The van der Waals surface area contributed by atoms with Crippen LogP contribution in [0.5, 0.6) is 6.01 Å². The van der Waals surface area contributed by atoms with Gasteiger partial charge in [0.25, 0.3) is 0 Å². The molecule has 0 radical (unpaired) electrons. The number of aryl methyl sites for hydroxylation is 1. The van der Waals surface area contributed by atoms with Gasteiger partial charge in [-0.1, -0.05) is 37.3 Å². The molecule has 1 aliphatic carbocycles. The van der Waals surface area contributed by atoms with Crippen LogP contribution in [0.2, 0.25) is 0 Å². The summed E-state index contributed by atoms with van der Waals surface area (Å²) in [7, 11) is 6.35. The lowest BCUT2D eigenvalue weighted by atomic mass is 9.98. The van der Waals surface area contributed by atoms with E-state index in [1.54, 1.807) is 0 Å². The Kier molecular flexibility index (Phi) is 7.79. The molecule has 1 fully saturated rings. The number of fused-ring (bicyclic) bond motifs is 2. The van der Waals surface area contributed by atoms with Crippen molar-refractivity contribution in [3.8, 4) is 6.01 Å². The van der Waals surface area contributed by atoms with Crippen LogP contribution in [0.4, 0.5) is 11.5 Å². The molecule has 0 atom stereocenters. The molecule has 9 heteroatoms. The predicted molar refractivity (Wildman–Crippen MR) is 168 cm³/mol. The molecule has 4 aromatic rings. The molecule has 2 aliphatic rings. The number of benzene rings is 2. The van der Waals surface area contributed by atoms with Crippen LogP contribution in [0, 0.1) is 5.41 Å². The van der Waals surface area contributed by atoms with Crippen molar-refractivity contribution < 1.29 is 4.74 Å². The summed E-state index contributed by atoms with van der Waals surface area (Å²) in [6.07, 6.45) is 6.04. The first-order chi connectivity index (χ1) is 20.3. The van der Waals surface area contributed by atoms with Gasteiger partial charge in [-0.15, -0.1) is 10.2 Å². The highest BCUT2D eigenvalue weighted by molar-refractivity contribution is 5.97. The van der Waals surface area contributed by atoms with Crippen LogP contribution >= 0.6 is 0 Å². The van der Waals surface area contributed by atoms with E-state index in [1.807, 2.05) is 6.33 Å². The first-order valence-electron chi connectivity index (χ1n) is 15.3. The van der Waals surface area contributed by atoms with Gasteiger partial charge in [-0.25, -0.2) is 0 Å². The van der Waals surface area contributed by atoms with Crippen molar-refractivity contribution in [3.63, 3.8) is 0 Å². The highest BCUT2D eigenvalue weighted by Gasteiger charge is 2.44. The molecule has 6 rings (SSSR count). The third-order valence-corrected chi connectivity index (χ3v) is 8.77. The molecular formula is C33H44N8O.